The van der Waals surface area contributed by atoms with Gasteiger partial charge in [0.15, 0.2) is 0 Å². The van der Waals surface area contributed by atoms with Crippen molar-refractivity contribution >= 4 is 13.9 Å². The lowest BCUT2D eigenvalue weighted by molar-refractivity contribution is 0.632. The minimum absolute atomic E-state index is 0.167. The highest BCUT2D eigenvalue weighted by Gasteiger charge is 2.14. The Bertz CT molecular complexity index is 267. The molecule has 0 aromatic heterocycles. The third-order valence-corrected chi connectivity index (χ3v) is 2.40. The number of halogens is 1. The van der Waals surface area contributed by atoms with Gasteiger partial charge in [0.05, 0.1) is 5.69 Å². The molecule has 0 aliphatic rings. The van der Waals surface area contributed by atoms with Gasteiger partial charge in [-0.15, -0.1) is 0 Å². The zero-order chi connectivity index (χ0) is 9.19. The van der Waals surface area contributed by atoms with Crippen LogP contribution in [-0.2, 0) is 0 Å². The van der Waals surface area contributed by atoms with Gasteiger partial charge in [0, 0.05) is 0 Å². The maximum Gasteiger partial charge on any atom is 0.145 e. The predicted molar refractivity (Wildman–Crippen MR) is 53.4 cm³/mol. The second-order valence-corrected chi connectivity index (χ2v) is 8.60. The maximum absolute atomic E-state index is 13.1. The van der Waals surface area contributed by atoms with Gasteiger partial charge in [0.1, 0.15) is 14.1 Å². The largest absolute Gasteiger partial charge is 0.408 e. The Morgan fingerprint density at radius 2 is 1.75 bits per heavy atom. The summed E-state index contributed by atoms with van der Waals surface area (Å²) in [6, 6.07) is 6.78. The fraction of sp³-hybridized carbons (Fsp3) is 0.333. The average Bonchev–Trinajstić information content (AvgIpc) is 1.91. The standard InChI is InChI=1S/C9H14FNSi/c1-12(2,3)11-9-7-5-4-6-8(9)10/h4-7,11H,1-3H3. The Hall–Kier alpha value is -0.833. The number of hydrogen-bond donors (Lipinski definition) is 1. The number of para-hydroxylation sites is 1. The fourth-order valence-electron chi connectivity index (χ4n) is 0.967. The summed E-state index contributed by atoms with van der Waals surface area (Å²) >= 11 is 0. The first-order valence-corrected chi connectivity index (χ1v) is 7.52. The van der Waals surface area contributed by atoms with E-state index >= 15 is 0 Å². The minimum atomic E-state index is -1.42. The molecule has 0 radical (unpaired) electrons. The summed E-state index contributed by atoms with van der Waals surface area (Å²) in [5, 5.41) is 0. The molecule has 0 amide bonds. The molecule has 0 fully saturated rings. The molecule has 0 saturated heterocycles. The highest BCUT2D eigenvalue weighted by molar-refractivity contribution is 6.79. The Labute approximate surface area is 73.7 Å². The van der Waals surface area contributed by atoms with Gasteiger partial charge in [-0.1, -0.05) is 31.8 Å². The van der Waals surface area contributed by atoms with Crippen LogP contribution in [0, 0.1) is 5.82 Å². The molecule has 0 aliphatic carbocycles. The zero-order valence-corrected chi connectivity index (χ0v) is 8.69. The van der Waals surface area contributed by atoms with Crippen molar-refractivity contribution in [3.63, 3.8) is 0 Å². The van der Waals surface area contributed by atoms with Crippen molar-refractivity contribution < 1.29 is 4.39 Å². The number of nitrogens with one attached hydrogen (secondary N) is 1. The summed E-state index contributed by atoms with van der Waals surface area (Å²) in [5.41, 5.74) is 0.622. The number of hydrogen-bond acceptors (Lipinski definition) is 1. The van der Waals surface area contributed by atoms with Crippen molar-refractivity contribution in [2.24, 2.45) is 0 Å². The van der Waals surface area contributed by atoms with E-state index < -0.39 is 8.24 Å². The number of anilines is 1. The molecule has 1 aromatic rings. The highest BCUT2D eigenvalue weighted by Crippen LogP contribution is 2.15. The van der Waals surface area contributed by atoms with Crippen molar-refractivity contribution in [1.29, 1.82) is 0 Å². The Balaban J connectivity index is 2.83. The second kappa shape index (κ2) is 3.27. The van der Waals surface area contributed by atoms with Crippen LogP contribution in [0.2, 0.25) is 19.6 Å². The van der Waals surface area contributed by atoms with Gasteiger partial charge in [-0.3, -0.25) is 0 Å². The monoisotopic (exact) mass is 183 g/mol. The first kappa shape index (κ1) is 9.26. The summed E-state index contributed by atoms with van der Waals surface area (Å²) in [6.07, 6.45) is 0. The summed E-state index contributed by atoms with van der Waals surface area (Å²) in [5.74, 6) is -0.167. The molecule has 66 valence electrons. The first-order chi connectivity index (χ1) is 5.49. The van der Waals surface area contributed by atoms with Crippen LogP contribution >= 0.6 is 0 Å². The smallest absolute Gasteiger partial charge is 0.145 e. The molecular weight excluding hydrogens is 169 g/mol. The molecule has 0 unspecified atom stereocenters. The zero-order valence-electron chi connectivity index (χ0n) is 7.69. The van der Waals surface area contributed by atoms with Crippen LogP contribution in [0.25, 0.3) is 0 Å². The average molecular weight is 183 g/mol. The topological polar surface area (TPSA) is 12.0 Å². The molecular formula is C9H14FNSi. The van der Waals surface area contributed by atoms with E-state index in [1.54, 1.807) is 12.1 Å². The molecule has 1 nitrogen and oxygen atoms in total. The number of benzene rings is 1. The molecule has 1 rings (SSSR count). The van der Waals surface area contributed by atoms with Crippen LogP contribution < -0.4 is 4.98 Å². The van der Waals surface area contributed by atoms with Crippen molar-refractivity contribution in [2.75, 3.05) is 4.98 Å². The van der Waals surface area contributed by atoms with E-state index in [-0.39, 0.29) is 5.82 Å². The van der Waals surface area contributed by atoms with Crippen LogP contribution in [-0.4, -0.2) is 8.24 Å². The molecule has 0 aliphatic heterocycles. The Kier molecular flexibility index (Phi) is 2.52. The van der Waals surface area contributed by atoms with Gasteiger partial charge in [0.25, 0.3) is 0 Å². The lowest BCUT2D eigenvalue weighted by Crippen LogP contribution is -2.32. The Morgan fingerprint density at radius 3 is 2.25 bits per heavy atom. The fourth-order valence-corrected chi connectivity index (χ4v) is 1.98. The van der Waals surface area contributed by atoms with E-state index in [1.165, 1.54) is 6.07 Å². The maximum atomic E-state index is 13.1. The summed E-state index contributed by atoms with van der Waals surface area (Å²) in [4.78, 5) is 3.21. The number of rotatable bonds is 2. The van der Waals surface area contributed by atoms with E-state index in [0.29, 0.717) is 5.69 Å². The molecule has 12 heavy (non-hydrogen) atoms. The molecule has 0 spiro atoms. The molecule has 0 heterocycles. The highest BCUT2D eigenvalue weighted by atomic mass is 28.3. The lowest BCUT2D eigenvalue weighted by Gasteiger charge is -2.19. The third-order valence-electron chi connectivity index (χ3n) is 1.38. The Morgan fingerprint density at radius 1 is 1.17 bits per heavy atom. The first-order valence-electron chi connectivity index (χ1n) is 4.02. The molecule has 0 atom stereocenters. The van der Waals surface area contributed by atoms with Gasteiger partial charge in [-0.05, 0) is 12.1 Å². The summed E-state index contributed by atoms with van der Waals surface area (Å²) in [6.45, 7) is 6.41. The van der Waals surface area contributed by atoms with Gasteiger partial charge >= 0.3 is 0 Å². The van der Waals surface area contributed by atoms with E-state index in [1.807, 2.05) is 6.07 Å². The van der Waals surface area contributed by atoms with Gasteiger partial charge in [-0.2, -0.15) is 0 Å². The van der Waals surface area contributed by atoms with Gasteiger partial charge < -0.3 is 4.98 Å². The van der Waals surface area contributed by atoms with Crippen LogP contribution in [0.1, 0.15) is 0 Å². The summed E-state index contributed by atoms with van der Waals surface area (Å²) in [7, 11) is -1.42. The van der Waals surface area contributed by atoms with Crippen molar-refractivity contribution in [1.82, 2.24) is 0 Å². The van der Waals surface area contributed by atoms with Crippen LogP contribution in [0.3, 0.4) is 0 Å². The quantitative estimate of drug-likeness (QED) is 0.695. The van der Waals surface area contributed by atoms with Crippen LogP contribution in [0.15, 0.2) is 24.3 Å². The van der Waals surface area contributed by atoms with Crippen LogP contribution in [0.5, 0.6) is 0 Å². The lowest BCUT2D eigenvalue weighted by atomic mass is 10.3. The summed E-state index contributed by atoms with van der Waals surface area (Å²) < 4.78 is 13.1. The van der Waals surface area contributed by atoms with E-state index in [4.69, 9.17) is 0 Å². The third kappa shape index (κ3) is 2.66. The normalized spacial score (nSPS) is 11.3. The molecule has 1 N–H and O–H groups in total. The van der Waals surface area contributed by atoms with Gasteiger partial charge in [-0.25, -0.2) is 4.39 Å². The van der Waals surface area contributed by atoms with Gasteiger partial charge in [0.2, 0.25) is 0 Å². The van der Waals surface area contributed by atoms with Crippen molar-refractivity contribution in [3.05, 3.63) is 30.1 Å². The predicted octanol–water partition coefficient (Wildman–Crippen LogP) is 3.07. The SMILES string of the molecule is C[Si](C)(C)Nc1ccccc1F. The van der Waals surface area contributed by atoms with E-state index in [2.05, 4.69) is 24.6 Å². The van der Waals surface area contributed by atoms with Crippen LogP contribution in [0.4, 0.5) is 10.1 Å². The second-order valence-electron chi connectivity index (χ2n) is 3.85. The molecule has 0 bridgehead atoms. The molecule has 0 saturated carbocycles. The minimum Gasteiger partial charge on any atom is -0.408 e. The molecule has 1 aromatic carbocycles. The molecule has 3 heteroatoms. The van der Waals surface area contributed by atoms with Crippen molar-refractivity contribution in [2.45, 2.75) is 19.6 Å². The van der Waals surface area contributed by atoms with Crippen molar-refractivity contribution in [3.8, 4) is 0 Å². The van der Waals surface area contributed by atoms with E-state index in [0.717, 1.165) is 0 Å². The van der Waals surface area contributed by atoms with E-state index in [9.17, 15) is 4.39 Å².